The molecule has 1 aliphatic heterocycles. The second-order valence-corrected chi connectivity index (χ2v) is 8.16. The Hall–Kier alpha value is -2.02. The first-order valence-corrected chi connectivity index (χ1v) is 11.0. The van der Waals surface area contributed by atoms with Crippen molar-refractivity contribution in [2.45, 2.75) is 51.9 Å². The average Bonchev–Trinajstić information content (AvgIpc) is 3.18. The third-order valence-electron chi connectivity index (χ3n) is 5.13. The van der Waals surface area contributed by atoms with E-state index in [2.05, 4.69) is 26.5 Å². The molecule has 0 unspecified atom stereocenters. The number of benzene rings is 1. The van der Waals surface area contributed by atoms with E-state index in [0.29, 0.717) is 13.0 Å². The number of anilines is 1. The lowest BCUT2D eigenvalue weighted by molar-refractivity contribution is -0.125. The summed E-state index contributed by atoms with van der Waals surface area (Å²) in [5, 5.41) is 3.97. The maximum atomic E-state index is 13.0. The molecule has 7 heteroatoms. The molecule has 1 N–H and O–H groups in total. The number of carbonyl (C=O) groups excluding carboxylic acids is 1. The second-order valence-electron chi connectivity index (χ2n) is 7.43. The number of halogens is 1. The zero-order valence-electron chi connectivity index (χ0n) is 16.5. The smallest absolute Gasteiger partial charge is 0.224 e. The van der Waals surface area contributed by atoms with Crippen molar-refractivity contribution >= 4 is 22.6 Å². The van der Waals surface area contributed by atoms with Crippen molar-refractivity contribution in [3.05, 3.63) is 41.5 Å². The number of rotatable bonds is 9. The molecule has 1 aromatic heterocycles. The molecule has 28 heavy (non-hydrogen) atoms. The van der Waals surface area contributed by atoms with Crippen LogP contribution in [0, 0.1) is 11.7 Å². The predicted octanol–water partition coefficient (Wildman–Crippen LogP) is 4.18. The number of aromatic nitrogens is 2. The highest BCUT2D eigenvalue weighted by Gasteiger charge is 2.27. The Balaban J connectivity index is 1.50. The monoisotopic (exact) mass is 404 g/mol. The summed E-state index contributed by atoms with van der Waals surface area (Å²) >= 11 is 1.38. The van der Waals surface area contributed by atoms with Crippen LogP contribution in [0.1, 0.15) is 56.8 Å². The van der Waals surface area contributed by atoms with E-state index in [0.717, 1.165) is 48.9 Å². The quantitative estimate of drug-likeness (QED) is 0.637. The number of carbonyl (C=O) groups is 1. The molecular weight excluding hydrogens is 375 g/mol. The molecule has 1 fully saturated rings. The summed E-state index contributed by atoms with van der Waals surface area (Å²) < 4.78 is 17.5. The molecule has 3 rings (SSSR count). The molecule has 1 aliphatic rings. The Morgan fingerprint density at radius 3 is 2.89 bits per heavy atom. The number of hydrogen-bond donors (Lipinski definition) is 1. The molecule has 2 heterocycles. The molecule has 2 aromatic rings. The van der Waals surface area contributed by atoms with Crippen molar-refractivity contribution in [2.75, 3.05) is 24.5 Å². The Morgan fingerprint density at radius 2 is 2.11 bits per heavy atom. The highest BCUT2D eigenvalue weighted by molar-refractivity contribution is 7.09. The van der Waals surface area contributed by atoms with Crippen LogP contribution in [0.15, 0.2) is 24.3 Å². The van der Waals surface area contributed by atoms with Crippen LogP contribution in [0.3, 0.4) is 0 Å². The minimum atomic E-state index is -0.237. The van der Waals surface area contributed by atoms with E-state index in [-0.39, 0.29) is 17.6 Å². The van der Waals surface area contributed by atoms with Gasteiger partial charge in [-0.15, -0.1) is 0 Å². The number of piperidine rings is 1. The zero-order valence-corrected chi connectivity index (χ0v) is 17.3. The number of hydrogen-bond acceptors (Lipinski definition) is 5. The van der Waals surface area contributed by atoms with Gasteiger partial charge < -0.3 is 10.2 Å². The summed E-state index contributed by atoms with van der Waals surface area (Å²) in [7, 11) is 0. The Labute approximate surface area is 170 Å². The van der Waals surface area contributed by atoms with E-state index in [4.69, 9.17) is 0 Å². The van der Waals surface area contributed by atoms with Gasteiger partial charge in [-0.2, -0.15) is 4.37 Å². The second kappa shape index (κ2) is 10.5. The molecular formula is C21H29FN4OS. The van der Waals surface area contributed by atoms with Crippen LogP contribution in [0.2, 0.25) is 0 Å². The number of unbranched alkanes of at least 4 members (excludes halogenated alkanes) is 3. The number of nitrogens with one attached hydrogen (secondary N) is 1. The third kappa shape index (κ3) is 5.99. The summed E-state index contributed by atoms with van der Waals surface area (Å²) in [4.78, 5) is 19.3. The van der Waals surface area contributed by atoms with Crippen molar-refractivity contribution in [1.29, 1.82) is 0 Å². The fourth-order valence-electron chi connectivity index (χ4n) is 3.50. The van der Waals surface area contributed by atoms with E-state index >= 15 is 0 Å². The maximum Gasteiger partial charge on any atom is 0.224 e. The van der Waals surface area contributed by atoms with Gasteiger partial charge in [0.05, 0.1) is 5.92 Å². The molecule has 0 saturated carbocycles. The van der Waals surface area contributed by atoms with Crippen molar-refractivity contribution < 1.29 is 9.18 Å². The summed E-state index contributed by atoms with van der Waals surface area (Å²) in [6.07, 6.45) is 7.17. The van der Waals surface area contributed by atoms with E-state index in [1.165, 1.54) is 42.9 Å². The van der Waals surface area contributed by atoms with Crippen LogP contribution in [-0.4, -0.2) is 34.9 Å². The average molecular weight is 405 g/mol. The number of amides is 1. The van der Waals surface area contributed by atoms with Gasteiger partial charge in [0.1, 0.15) is 11.6 Å². The minimum absolute atomic E-state index is 0.0179. The van der Waals surface area contributed by atoms with Gasteiger partial charge in [0.15, 0.2) is 0 Å². The summed E-state index contributed by atoms with van der Waals surface area (Å²) in [5.41, 5.74) is 0.990. The van der Waals surface area contributed by atoms with Crippen LogP contribution in [0.25, 0.3) is 0 Å². The van der Waals surface area contributed by atoms with Crippen LogP contribution < -0.4 is 10.2 Å². The van der Waals surface area contributed by atoms with E-state index in [1.807, 2.05) is 0 Å². The molecule has 152 valence electrons. The molecule has 1 amide bonds. The van der Waals surface area contributed by atoms with Gasteiger partial charge in [0, 0.05) is 37.6 Å². The molecule has 0 bridgehead atoms. The van der Waals surface area contributed by atoms with Crippen LogP contribution in [0.4, 0.5) is 9.52 Å². The Morgan fingerprint density at radius 1 is 1.29 bits per heavy atom. The lowest BCUT2D eigenvalue weighted by Crippen LogP contribution is -2.43. The standard InChI is InChI=1S/C21H29FN4OS/c1-2-3-4-5-12-23-20(27)17-7-6-13-26(15-17)21-24-19(25-28-21)14-16-8-10-18(22)11-9-16/h8-11,17H,2-7,12-15H2,1H3,(H,23,27)/t17-/m1/s1. The maximum absolute atomic E-state index is 13.0. The van der Waals surface area contributed by atoms with Crippen molar-refractivity contribution in [1.82, 2.24) is 14.7 Å². The molecule has 0 radical (unpaired) electrons. The Kier molecular flexibility index (Phi) is 7.77. The third-order valence-corrected chi connectivity index (χ3v) is 5.94. The van der Waals surface area contributed by atoms with Gasteiger partial charge in [0.2, 0.25) is 11.0 Å². The van der Waals surface area contributed by atoms with Crippen LogP contribution in [-0.2, 0) is 11.2 Å². The van der Waals surface area contributed by atoms with Gasteiger partial charge in [-0.3, -0.25) is 4.79 Å². The van der Waals surface area contributed by atoms with Gasteiger partial charge in [-0.1, -0.05) is 38.3 Å². The molecule has 0 aliphatic carbocycles. The molecule has 1 aromatic carbocycles. The minimum Gasteiger partial charge on any atom is -0.356 e. The SMILES string of the molecule is CCCCCCNC(=O)[C@@H]1CCCN(c2nc(Cc3ccc(F)cc3)ns2)C1. The van der Waals surface area contributed by atoms with E-state index < -0.39 is 0 Å². The molecule has 5 nitrogen and oxygen atoms in total. The summed E-state index contributed by atoms with van der Waals surface area (Å²) in [6, 6.07) is 6.44. The molecule has 1 atom stereocenters. The van der Waals surface area contributed by atoms with Gasteiger partial charge in [-0.25, -0.2) is 9.37 Å². The Bertz CT molecular complexity index is 749. The van der Waals surface area contributed by atoms with Crippen LogP contribution in [0.5, 0.6) is 0 Å². The highest BCUT2D eigenvalue weighted by atomic mass is 32.1. The molecule has 1 saturated heterocycles. The van der Waals surface area contributed by atoms with Gasteiger partial charge >= 0.3 is 0 Å². The first-order chi connectivity index (χ1) is 13.7. The normalized spacial score (nSPS) is 16.9. The summed E-state index contributed by atoms with van der Waals surface area (Å²) in [6.45, 7) is 4.57. The lowest BCUT2D eigenvalue weighted by atomic mass is 9.97. The number of nitrogens with zero attached hydrogens (tertiary/aromatic N) is 3. The zero-order chi connectivity index (χ0) is 19.8. The topological polar surface area (TPSA) is 58.1 Å². The van der Waals surface area contributed by atoms with Crippen molar-refractivity contribution in [3.8, 4) is 0 Å². The fourth-order valence-corrected chi connectivity index (χ4v) is 4.22. The van der Waals surface area contributed by atoms with Crippen molar-refractivity contribution in [3.63, 3.8) is 0 Å². The van der Waals surface area contributed by atoms with Gasteiger partial charge in [0.25, 0.3) is 0 Å². The largest absolute Gasteiger partial charge is 0.356 e. The van der Waals surface area contributed by atoms with Crippen molar-refractivity contribution in [2.24, 2.45) is 5.92 Å². The summed E-state index contributed by atoms with van der Waals surface area (Å²) in [5.74, 6) is 0.689. The van der Waals surface area contributed by atoms with E-state index in [9.17, 15) is 9.18 Å². The fraction of sp³-hybridized carbons (Fsp3) is 0.571. The predicted molar refractivity (Wildman–Crippen MR) is 111 cm³/mol. The highest BCUT2D eigenvalue weighted by Crippen LogP contribution is 2.25. The first-order valence-electron chi connectivity index (χ1n) is 10.3. The molecule has 0 spiro atoms. The lowest BCUT2D eigenvalue weighted by Gasteiger charge is -2.31. The van der Waals surface area contributed by atoms with E-state index in [1.54, 1.807) is 12.1 Å². The van der Waals surface area contributed by atoms with Gasteiger partial charge in [-0.05, 0) is 37.0 Å². The van der Waals surface area contributed by atoms with Crippen LogP contribution >= 0.6 is 11.5 Å². The first kappa shape index (κ1) is 20.7.